The average Bonchev–Trinajstić information content (AvgIpc) is 3.45. The van der Waals surface area contributed by atoms with E-state index in [0.29, 0.717) is 22.5 Å². The first-order valence-electron chi connectivity index (χ1n) is 11.9. The largest absolute Gasteiger partial charge is 0.573 e. The van der Waals surface area contributed by atoms with Crippen LogP contribution in [0.2, 0.25) is 0 Å². The average molecular weight is 539 g/mol. The van der Waals surface area contributed by atoms with E-state index in [9.17, 15) is 13.2 Å². The number of hydrogen-bond donors (Lipinski definition) is 2. The molecule has 11 heteroatoms. The van der Waals surface area contributed by atoms with Gasteiger partial charge < -0.3 is 20.3 Å². The molecule has 2 N–H and O–H groups in total. The van der Waals surface area contributed by atoms with Crippen molar-refractivity contribution in [2.45, 2.75) is 24.7 Å². The third-order valence-corrected chi connectivity index (χ3v) is 6.39. The molecule has 7 nitrogen and oxygen atoms in total. The number of ether oxygens (including phenoxy) is 1. The van der Waals surface area contributed by atoms with Crippen LogP contribution in [0, 0.1) is 0 Å². The number of thiocarbonyl (C=S) groups is 1. The van der Waals surface area contributed by atoms with E-state index in [1.807, 2.05) is 55.4 Å². The van der Waals surface area contributed by atoms with Gasteiger partial charge in [-0.3, -0.25) is 0 Å². The number of nitrogens with zero attached hydrogens (tertiary/aromatic N) is 4. The quantitative estimate of drug-likeness (QED) is 0.291. The molecule has 0 spiro atoms. The Labute approximate surface area is 223 Å². The second-order valence-corrected chi connectivity index (χ2v) is 9.57. The minimum Gasteiger partial charge on any atom is -0.406 e. The highest BCUT2D eigenvalue weighted by atomic mass is 32.1. The van der Waals surface area contributed by atoms with Crippen LogP contribution in [-0.2, 0) is 0 Å². The predicted molar refractivity (Wildman–Crippen MR) is 145 cm³/mol. The smallest absolute Gasteiger partial charge is 0.406 e. The highest BCUT2D eigenvalue weighted by molar-refractivity contribution is 7.80. The summed E-state index contributed by atoms with van der Waals surface area (Å²) in [5.74, 6) is 0.589. The Hall–Kier alpha value is -4.12. The van der Waals surface area contributed by atoms with E-state index in [1.54, 1.807) is 0 Å². The van der Waals surface area contributed by atoms with Crippen molar-refractivity contribution in [3.05, 3.63) is 84.7 Å². The highest BCUT2D eigenvalue weighted by Crippen LogP contribution is 2.41. The zero-order chi connectivity index (χ0) is 26.9. The molecule has 0 radical (unpaired) electrons. The van der Waals surface area contributed by atoms with Crippen molar-refractivity contribution in [3.8, 4) is 22.8 Å². The molecule has 38 heavy (non-hydrogen) atoms. The molecule has 1 saturated carbocycles. The van der Waals surface area contributed by atoms with Crippen LogP contribution >= 0.6 is 12.2 Å². The fourth-order valence-corrected chi connectivity index (χ4v) is 4.37. The molecule has 1 aliphatic carbocycles. The van der Waals surface area contributed by atoms with Gasteiger partial charge >= 0.3 is 6.36 Å². The number of anilines is 2. The maximum absolute atomic E-state index is 12.4. The van der Waals surface area contributed by atoms with Crippen molar-refractivity contribution < 1.29 is 17.9 Å². The zero-order valence-electron chi connectivity index (χ0n) is 20.6. The molecule has 1 heterocycles. The van der Waals surface area contributed by atoms with Crippen LogP contribution in [0.1, 0.15) is 17.9 Å². The van der Waals surface area contributed by atoms with Crippen LogP contribution in [-0.4, -0.2) is 46.4 Å². The van der Waals surface area contributed by atoms with Gasteiger partial charge in [-0.05, 0) is 72.7 Å². The zero-order valence-corrected chi connectivity index (χ0v) is 21.4. The van der Waals surface area contributed by atoms with Gasteiger partial charge in [0.25, 0.3) is 0 Å². The summed E-state index contributed by atoms with van der Waals surface area (Å²) in [6.07, 6.45) is -2.22. The van der Waals surface area contributed by atoms with Gasteiger partial charge in [0.15, 0.2) is 10.9 Å². The van der Waals surface area contributed by atoms with Gasteiger partial charge in [0.05, 0.1) is 5.69 Å². The Balaban J connectivity index is 1.15. The minimum atomic E-state index is -4.73. The molecule has 0 bridgehead atoms. The van der Waals surface area contributed by atoms with E-state index in [2.05, 4.69) is 37.6 Å². The van der Waals surface area contributed by atoms with Crippen molar-refractivity contribution in [3.63, 3.8) is 0 Å². The molecule has 5 rings (SSSR count). The standard InChI is InChI=1S/C27H25F3N6OS/c1-35(2)20-9-7-19(8-10-20)32-26(38)33-24-15-23(24)17-3-5-18(6-4-17)25-31-16-36(34-25)21-11-13-22(14-12-21)37-27(28,29)30/h3-14,16,23-24H,15H2,1-2H3,(H2,32,33,38). The lowest BCUT2D eigenvalue weighted by Gasteiger charge is -2.14. The van der Waals surface area contributed by atoms with Gasteiger partial charge in [0.2, 0.25) is 0 Å². The fourth-order valence-electron chi connectivity index (χ4n) is 4.10. The van der Waals surface area contributed by atoms with Crippen LogP contribution in [0.5, 0.6) is 5.75 Å². The Bertz CT molecular complexity index is 1400. The van der Waals surface area contributed by atoms with Gasteiger partial charge in [-0.25, -0.2) is 9.67 Å². The molecule has 0 saturated heterocycles. The minimum absolute atomic E-state index is 0.267. The third-order valence-electron chi connectivity index (χ3n) is 6.17. The fraction of sp³-hybridized carbons (Fsp3) is 0.222. The number of halogens is 3. The summed E-state index contributed by atoms with van der Waals surface area (Å²) in [5.41, 5.74) is 4.67. The lowest BCUT2D eigenvalue weighted by atomic mass is 10.1. The maximum Gasteiger partial charge on any atom is 0.573 e. The van der Waals surface area contributed by atoms with E-state index in [1.165, 1.54) is 40.8 Å². The van der Waals surface area contributed by atoms with Gasteiger partial charge in [-0.2, -0.15) is 0 Å². The molecule has 2 atom stereocenters. The van der Waals surface area contributed by atoms with Crippen LogP contribution in [0.15, 0.2) is 79.1 Å². The lowest BCUT2D eigenvalue weighted by Crippen LogP contribution is -2.31. The summed E-state index contributed by atoms with van der Waals surface area (Å²) in [6.45, 7) is 0. The summed E-state index contributed by atoms with van der Waals surface area (Å²) in [5, 5.41) is 11.7. The van der Waals surface area contributed by atoms with Gasteiger partial charge in [-0.15, -0.1) is 18.3 Å². The van der Waals surface area contributed by atoms with E-state index in [-0.39, 0.29) is 11.8 Å². The summed E-state index contributed by atoms with van der Waals surface area (Å²) in [7, 11) is 4.00. The number of benzene rings is 3. The molecule has 3 aromatic carbocycles. The van der Waals surface area contributed by atoms with Crippen LogP contribution in [0.4, 0.5) is 24.5 Å². The molecule has 0 aliphatic heterocycles. The number of aromatic nitrogens is 3. The summed E-state index contributed by atoms with van der Waals surface area (Å²) < 4.78 is 42.5. The van der Waals surface area contributed by atoms with E-state index >= 15 is 0 Å². The molecule has 196 valence electrons. The first kappa shape index (κ1) is 25.5. The molecule has 1 aromatic heterocycles. The molecule has 1 fully saturated rings. The summed E-state index contributed by atoms with van der Waals surface area (Å²) in [6, 6.07) is 21.8. The van der Waals surface area contributed by atoms with Gasteiger partial charge in [-0.1, -0.05) is 24.3 Å². The molecular formula is C27H25F3N6OS. The monoisotopic (exact) mass is 538 g/mol. The lowest BCUT2D eigenvalue weighted by molar-refractivity contribution is -0.274. The van der Waals surface area contributed by atoms with Crippen LogP contribution in [0.25, 0.3) is 17.1 Å². The van der Waals surface area contributed by atoms with Crippen molar-refractivity contribution in [1.82, 2.24) is 20.1 Å². The number of alkyl halides is 3. The Morgan fingerprint density at radius 2 is 1.68 bits per heavy atom. The number of hydrogen-bond acceptors (Lipinski definition) is 5. The normalized spacial score (nSPS) is 16.6. The Morgan fingerprint density at radius 3 is 2.32 bits per heavy atom. The second-order valence-electron chi connectivity index (χ2n) is 9.16. The van der Waals surface area contributed by atoms with E-state index in [0.717, 1.165) is 23.4 Å². The second kappa shape index (κ2) is 10.3. The predicted octanol–water partition coefficient (Wildman–Crippen LogP) is 5.74. The Morgan fingerprint density at radius 1 is 1.00 bits per heavy atom. The highest BCUT2D eigenvalue weighted by Gasteiger charge is 2.38. The SMILES string of the molecule is CN(C)c1ccc(NC(=S)NC2CC2c2ccc(-c3ncn(-c4ccc(OC(F)(F)F)cc4)n3)cc2)cc1. The summed E-state index contributed by atoms with van der Waals surface area (Å²) >= 11 is 5.49. The van der Waals surface area contributed by atoms with E-state index < -0.39 is 6.36 Å². The maximum atomic E-state index is 12.4. The van der Waals surface area contributed by atoms with Crippen molar-refractivity contribution in [2.75, 3.05) is 24.3 Å². The number of rotatable bonds is 7. The van der Waals surface area contributed by atoms with Crippen LogP contribution < -0.4 is 20.3 Å². The summed E-state index contributed by atoms with van der Waals surface area (Å²) in [4.78, 5) is 6.39. The molecule has 4 aromatic rings. The molecule has 0 amide bonds. The number of nitrogens with one attached hydrogen (secondary N) is 2. The van der Waals surface area contributed by atoms with Gasteiger partial charge in [0, 0.05) is 43.0 Å². The van der Waals surface area contributed by atoms with Crippen LogP contribution in [0.3, 0.4) is 0 Å². The van der Waals surface area contributed by atoms with Crippen molar-refractivity contribution >= 4 is 28.7 Å². The van der Waals surface area contributed by atoms with E-state index in [4.69, 9.17) is 12.2 Å². The van der Waals surface area contributed by atoms with Crippen molar-refractivity contribution in [1.29, 1.82) is 0 Å². The first-order valence-corrected chi connectivity index (χ1v) is 12.3. The molecule has 2 unspecified atom stereocenters. The third kappa shape index (κ3) is 6.23. The molecule has 1 aliphatic rings. The topological polar surface area (TPSA) is 67.2 Å². The first-order chi connectivity index (χ1) is 18.1. The Kier molecular flexibility index (Phi) is 6.94. The molecular weight excluding hydrogens is 513 g/mol. The van der Waals surface area contributed by atoms with Crippen molar-refractivity contribution in [2.24, 2.45) is 0 Å². The van der Waals surface area contributed by atoms with Gasteiger partial charge in [0.1, 0.15) is 12.1 Å².